The number of fused-ring (bicyclic) bond motifs is 1. The summed E-state index contributed by atoms with van der Waals surface area (Å²) >= 11 is 6.62. The maximum atomic E-state index is 13.4. The van der Waals surface area contributed by atoms with E-state index < -0.39 is 0 Å². The van der Waals surface area contributed by atoms with Crippen LogP contribution in [0.25, 0.3) is 11.7 Å². The van der Waals surface area contributed by atoms with Gasteiger partial charge in [-0.1, -0.05) is 49.1 Å². The Morgan fingerprint density at radius 3 is 2.72 bits per heavy atom. The molecule has 1 atom stereocenters. The molecule has 0 spiro atoms. The van der Waals surface area contributed by atoms with Crippen molar-refractivity contribution in [3.05, 3.63) is 74.5 Å². The third-order valence-electron chi connectivity index (χ3n) is 5.38. The van der Waals surface area contributed by atoms with E-state index in [2.05, 4.69) is 4.98 Å². The molecule has 2 aromatic heterocycles. The van der Waals surface area contributed by atoms with Crippen LogP contribution >= 0.6 is 24.0 Å². The van der Waals surface area contributed by atoms with Gasteiger partial charge in [0.25, 0.3) is 11.5 Å². The maximum Gasteiger partial charge on any atom is 0.269 e. The van der Waals surface area contributed by atoms with E-state index in [0.717, 1.165) is 17.5 Å². The minimum absolute atomic E-state index is 0.0186. The lowest BCUT2D eigenvalue weighted by molar-refractivity contribution is -0.123. The molecule has 0 aliphatic carbocycles. The fourth-order valence-electron chi connectivity index (χ4n) is 3.46. The molecule has 164 valence electrons. The molecule has 1 unspecified atom stereocenters. The number of pyridine rings is 1. The molecule has 0 bridgehead atoms. The number of benzene rings is 1. The first-order valence-corrected chi connectivity index (χ1v) is 11.6. The Balaban J connectivity index is 1.89. The molecule has 32 heavy (non-hydrogen) atoms. The fourth-order valence-corrected chi connectivity index (χ4v) is 4.90. The molecule has 1 saturated heterocycles. The van der Waals surface area contributed by atoms with Crippen LogP contribution < -0.4 is 10.3 Å². The second-order valence-corrected chi connectivity index (χ2v) is 9.42. The van der Waals surface area contributed by atoms with Gasteiger partial charge in [0.05, 0.1) is 4.91 Å². The maximum absolute atomic E-state index is 13.4. The van der Waals surface area contributed by atoms with Crippen molar-refractivity contribution in [2.24, 2.45) is 0 Å². The number of hydrogen-bond acceptors (Lipinski definition) is 6. The fraction of sp³-hybridized carbons (Fsp3) is 0.250. The van der Waals surface area contributed by atoms with E-state index in [4.69, 9.17) is 17.0 Å². The number of carbonyl (C=O) groups excluding carboxylic acids is 1. The summed E-state index contributed by atoms with van der Waals surface area (Å²) in [7, 11) is 0. The van der Waals surface area contributed by atoms with Gasteiger partial charge in [-0.05, 0) is 62.6 Å². The third-order valence-corrected chi connectivity index (χ3v) is 6.71. The highest BCUT2D eigenvalue weighted by atomic mass is 32.2. The minimum atomic E-state index is -0.310. The molecular weight excluding hydrogens is 442 g/mol. The summed E-state index contributed by atoms with van der Waals surface area (Å²) in [5.74, 6) is 0.518. The number of hydrogen-bond donors (Lipinski definition) is 0. The van der Waals surface area contributed by atoms with Gasteiger partial charge < -0.3 is 4.74 Å². The number of nitrogens with zero attached hydrogens (tertiary/aromatic N) is 3. The van der Waals surface area contributed by atoms with Crippen LogP contribution in [0.5, 0.6) is 11.6 Å². The van der Waals surface area contributed by atoms with Crippen molar-refractivity contribution >= 4 is 45.9 Å². The van der Waals surface area contributed by atoms with E-state index in [-0.39, 0.29) is 29.0 Å². The summed E-state index contributed by atoms with van der Waals surface area (Å²) in [5.41, 5.74) is 2.26. The van der Waals surface area contributed by atoms with Gasteiger partial charge in [0.2, 0.25) is 5.88 Å². The van der Waals surface area contributed by atoms with Crippen LogP contribution in [0.2, 0.25) is 0 Å². The molecule has 4 rings (SSSR count). The first kappa shape index (κ1) is 22.2. The second kappa shape index (κ2) is 8.88. The Morgan fingerprint density at radius 2 is 2.00 bits per heavy atom. The Hall–Kier alpha value is -2.97. The Kier molecular flexibility index (Phi) is 6.17. The monoisotopic (exact) mass is 465 g/mol. The number of aromatic nitrogens is 2. The van der Waals surface area contributed by atoms with E-state index in [1.54, 1.807) is 29.3 Å². The summed E-state index contributed by atoms with van der Waals surface area (Å²) in [4.78, 5) is 33.1. The van der Waals surface area contributed by atoms with E-state index in [9.17, 15) is 9.59 Å². The van der Waals surface area contributed by atoms with Crippen molar-refractivity contribution in [1.82, 2.24) is 14.3 Å². The van der Waals surface area contributed by atoms with E-state index >= 15 is 0 Å². The number of thioether (sulfide) groups is 1. The van der Waals surface area contributed by atoms with Crippen LogP contribution in [0, 0.1) is 13.8 Å². The van der Waals surface area contributed by atoms with Gasteiger partial charge in [-0.25, -0.2) is 0 Å². The van der Waals surface area contributed by atoms with Crippen LogP contribution in [0.3, 0.4) is 0 Å². The van der Waals surface area contributed by atoms with Crippen molar-refractivity contribution in [3.8, 4) is 11.6 Å². The summed E-state index contributed by atoms with van der Waals surface area (Å²) < 4.78 is 8.03. The molecule has 3 heterocycles. The van der Waals surface area contributed by atoms with Gasteiger partial charge in [-0.3, -0.25) is 18.9 Å². The zero-order valence-corrected chi connectivity index (χ0v) is 19.9. The van der Waals surface area contributed by atoms with Gasteiger partial charge >= 0.3 is 0 Å². The summed E-state index contributed by atoms with van der Waals surface area (Å²) in [6.45, 7) is 7.80. The van der Waals surface area contributed by atoms with Crippen molar-refractivity contribution in [3.63, 3.8) is 0 Å². The highest BCUT2D eigenvalue weighted by molar-refractivity contribution is 8.26. The van der Waals surface area contributed by atoms with Crippen molar-refractivity contribution < 1.29 is 9.53 Å². The quantitative estimate of drug-likeness (QED) is 0.386. The number of aryl methyl sites for hydroxylation is 2. The molecule has 1 fully saturated rings. The Morgan fingerprint density at radius 1 is 1.22 bits per heavy atom. The molecule has 1 aromatic carbocycles. The highest BCUT2D eigenvalue weighted by Gasteiger charge is 2.35. The number of ether oxygens (including phenoxy) is 1. The predicted octanol–water partition coefficient (Wildman–Crippen LogP) is 5.10. The molecule has 1 aliphatic heterocycles. The molecule has 1 aliphatic rings. The van der Waals surface area contributed by atoms with Gasteiger partial charge in [0.15, 0.2) is 0 Å². The number of rotatable bonds is 5. The molecule has 6 nitrogen and oxygen atoms in total. The number of thiocarbonyl (C=S) groups is 1. The van der Waals surface area contributed by atoms with Crippen molar-refractivity contribution in [2.45, 2.75) is 40.2 Å². The van der Waals surface area contributed by atoms with Crippen LogP contribution in [0.4, 0.5) is 0 Å². The average Bonchev–Trinajstić information content (AvgIpc) is 3.04. The Labute approximate surface area is 195 Å². The van der Waals surface area contributed by atoms with Crippen molar-refractivity contribution in [2.75, 3.05) is 0 Å². The minimum Gasteiger partial charge on any atom is -0.438 e. The van der Waals surface area contributed by atoms with Crippen LogP contribution in [-0.4, -0.2) is 30.6 Å². The molecular formula is C24H23N3O3S2. The lowest BCUT2D eigenvalue weighted by Gasteiger charge is -2.21. The summed E-state index contributed by atoms with van der Waals surface area (Å²) in [6.07, 6.45) is 3.99. The second-order valence-electron chi connectivity index (χ2n) is 7.75. The molecule has 1 amide bonds. The molecule has 8 heteroatoms. The van der Waals surface area contributed by atoms with Gasteiger partial charge in [0, 0.05) is 12.2 Å². The Bertz CT molecular complexity index is 1330. The first-order valence-electron chi connectivity index (χ1n) is 10.3. The summed E-state index contributed by atoms with van der Waals surface area (Å²) in [6, 6.07) is 11.2. The molecule has 0 saturated carbocycles. The average molecular weight is 466 g/mol. The first-order chi connectivity index (χ1) is 15.3. The van der Waals surface area contributed by atoms with Gasteiger partial charge in [0.1, 0.15) is 21.3 Å². The molecule has 3 aromatic rings. The zero-order valence-electron chi connectivity index (χ0n) is 18.3. The van der Waals surface area contributed by atoms with E-state index in [0.29, 0.717) is 20.6 Å². The van der Waals surface area contributed by atoms with E-state index in [1.807, 2.05) is 52.0 Å². The van der Waals surface area contributed by atoms with Crippen LogP contribution in [0.15, 0.2) is 52.3 Å². The number of carbonyl (C=O) groups is 1. The topological polar surface area (TPSA) is 63.9 Å². The predicted molar refractivity (Wildman–Crippen MR) is 132 cm³/mol. The molecule has 0 radical (unpaired) electrons. The lowest BCUT2D eigenvalue weighted by Crippen LogP contribution is -2.36. The van der Waals surface area contributed by atoms with Crippen molar-refractivity contribution in [1.29, 1.82) is 0 Å². The van der Waals surface area contributed by atoms with Crippen LogP contribution in [-0.2, 0) is 4.79 Å². The zero-order chi connectivity index (χ0) is 23.0. The number of amides is 1. The smallest absolute Gasteiger partial charge is 0.269 e. The highest BCUT2D eigenvalue weighted by Crippen LogP contribution is 2.35. The lowest BCUT2D eigenvalue weighted by atomic mass is 10.2. The SMILES string of the molecule is CCC(C)N1C(=O)/C(=C\c2c(Oc3cccc(C)c3)nc3c(C)cccn3c2=O)SC1=S. The van der Waals surface area contributed by atoms with Gasteiger partial charge in [-0.2, -0.15) is 4.98 Å². The molecule has 0 N–H and O–H groups in total. The summed E-state index contributed by atoms with van der Waals surface area (Å²) in [5, 5.41) is 0. The normalized spacial score (nSPS) is 16.2. The standard InChI is InChI=1S/C24H23N3O3S2/c1-5-16(4)27-23(29)19(32-24(27)31)13-18-21(30-17-10-6-8-14(2)12-17)25-20-15(3)9-7-11-26(20)22(18)28/h6-13,16H,5H2,1-4H3/b19-13+. The third kappa shape index (κ3) is 4.08. The van der Waals surface area contributed by atoms with Gasteiger partial charge in [-0.15, -0.1) is 0 Å². The van der Waals surface area contributed by atoms with E-state index in [1.165, 1.54) is 16.2 Å². The largest absolute Gasteiger partial charge is 0.438 e. The van der Waals surface area contributed by atoms with Crippen LogP contribution in [0.1, 0.15) is 37.0 Å².